The molecule has 160 valence electrons. The van der Waals surface area contributed by atoms with E-state index in [-0.39, 0.29) is 5.92 Å². The predicted molar refractivity (Wildman–Crippen MR) is 95.8 cm³/mol. The molecule has 0 aliphatic rings. The third-order valence-corrected chi connectivity index (χ3v) is 3.83. The average Bonchev–Trinajstić information content (AvgIpc) is 2.56. The number of rotatable bonds is 11. The number of carbonyl (C=O) groups excluding carboxylic acids is 3. The molecule has 12 heteroatoms. The third kappa shape index (κ3) is 8.31. The fraction of sp³-hybridized carbons (Fsp3) is 0.688. The molecule has 5 atom stereocenters. The first-order valence-corrected chi connectivity index (χ1v) is 8.57. The Morgan fingerprint density at radius 3 is 1.79 bits per heavy atom. The van der Waals surface area contributed by atoms with Crippen LogP contribution < -0.4 is 21.7 Å². The van der Waals surface area contributed by atoms with Crippen LogP contribution in [0.4, 0.5) is 0 Å². The summed E-state index contributed by atoms with van der Waals surface area (Å²) in [4.78, 5) is 58.0. The van der Waals surface area contributed by atoms with Crippen molar-refractivity contribution in [2.45, 2.75) is 64.4 Å². The number of carboxylic acid groups (broad SMARTS) is 2. The molecule has 0 saturated heterocycles. The Morgan fingerprint density at radius 1 is 0.857 bits per heavy atom. The van der Waals surface area contributed by atoms with Crippen LogP contribution in [-0.4, -0.2) is 75.3 Å². The van der Waals surface area contributed by atoms with Gasteiger partial charge in [-0.2, -0.15) is 0 Å². The van der Waals surface area contributed by atoms with Crippen molar-refractivity contribution >= 4 is 29.7 Å². The Bertz CT molecular complexity index is 607. The number of amides is 3. The van der Waals surface area contributed by atoms with E-state index in [4.69, 9.17) is 15.9 Å². The Hall–Kier alpha value is -2.73. The Labute approximate surface area is 161 Å². The van der Waals surface area contributed by atoms with Crippen LogP contribution in [0, 0.1) is 5.92 Å². The zero-order chi connectivity index (χ0) is 22.2. The minimum absolute atomic E-state index is 0.218. The topological polar surface area (TPSA) is 208 Å². The van der Waals surface area contributed by atoms with Gasteiger partial charge in [-0.15, -0.1) is 0 Å². The zero-order valence-corrected chi connectivity index (χ0v) is 16.1. The molecular formula is C16H28N4O8. The number of aliphatic hydroxyl groups is 1. The highest BCUT2D eigenvalue weighted by Crippen LogP contribution is 2.02. The lowest BCUT2D eigenvalue weighted by molar-refractivity contribution is -0.147. The lowest BCUT2D eigenvalue weighted by atomic mass is 10.0. The molecule has 0 rings (SSSR count). The number of hydrogen-bond acceptors (Lipinski definition) is 7. The van der Waals surface area contributed by atoms with Crippen molar-refractivity contribution in [3.05, 3.63) is 0 Å². The summed E-state index contributed by atoms with van der Waals surface area (Å²) in [6, 6.07) is -5.26. The van der Waals surface area contributed by atoms with Crippen molar-refractivity contribution in [2.24, 2.45) is 11.7 Å². The lowest BCUT2D eigenvalue weighted by Gasteiger charge is -2.25. The molecule has 28 heavy (non-hydrogen) atoms. The van der Waals surface area contributed by atoms with Crippen molar-refractivity contribution < 1.29 is 39.3 Å². The molecule has 5 unspecified atom stereocenters. The maximum Gasteiger partial charge on any atom is 0.326 e. The maximum atomic E-state index is 12.3. The first kappa shape index (κ1) is 25.3. The third-order valence-electron chi connectivity index (χ3n) is 3.83. The van der Waals surface area contributed by atoms with Crippen LogP contribution in [0.1, 0.15) is 34.1 Å². The Kier molecular flexibility index (Phi) is 10.1. The lowest BCUT2D eigenvalue weighted by Crippen LogP contribution is -2.59. The number of nitrogens with two attached hydrogens (primary N) is 1. The van der Waals surface area contributed by atoms with Gasteiger partial charge in [0.1, 0.15) is 18.1 Å². The van der Waals surface area contributed by atoms with Gasteiger partial charge in [-0.05, 0) is 19.8 Å². The van der Waals surface area contributed by atoms with E-state index in [1.165, 1.54) is 13.8 Å². The average molecular weight is 404 g/mol. The van der Waals surface area contributed by atoms with E-state index in [0.717, 1.165) is 0 Å². The summed E-state index contributed by atoms with van der Waals surface area (Å²) in [7, 11) is 0. The molecule has 0 aromatic heterocycles. The van der Waals surface area contributed by atoms with Gasteiger partial charge in [0, 0.05) is 0 Å². The first-order valence-electron chi connectivity index (χ1n) is 8.57. The van der Waals surface area contributed by atoms with Crippen molar-refractivity contribution in [3.63, 3.8) is 0 Å². The van der Waals surface area contributed by atoms with Gasteiger partial charge in [0.25, 0.3) is 0 Å². The number of carbonyl (C=O) groups is 5. The number of hydrogen-bond donors (Lipinski definition) is 7. The molecule has 0 aromatic rings. The first-order chi connectivity index (χ1) is 12.8. The van der Waals surface area contributed by atoms with Crippen LogP contribution in [0.2, 0.25) is 0 Å². The fourth-order valence-corrected chi connectivity index (χ4v) is 2.00. The molecule has 3 amide bonds. The number of aliphatic hydroxyl groups excluding tert-OH is 1. The van der Waals surface area contributed by atoms with Gasteiger partial charge in [-0.25, -0.2) is 4.79 Å². The van der Waals surface area contributed by atoms with E-state index in [0.29, 0.717) is 0 Å². The molecule has 0 bridgehead atoms. The summed E-state index contributed by atoms with van der Waals surface area (Å²) in [5.74, 6) is -5.71. The van der Waals surface area contributed by atoms with Gasteiger partial charge >= 0.3 is 11.9 Å². The number of aliphatic carboxylic acids is 2. The normalized spacial score (nSPS) is 16.2. The van der Waals surface area contributed by atoms with Gasteiger partial charge in [-0.3, -0.25) is 19.2 Å². The molecule has 0 heterocycles. The fourth-order valence-electron chi connectivity index (χ4n) is 2.00. The van der Waals surface area contributed by atoms with E-state index in [1.807, 2.05) is 5.32 Å². The van der Waals surface area contributed by atoms with Crippen LogP contribution in [0.5, 0.6) is 0 Å². The minimum atomic E-state index is -1.68. The Balaban J connectivity index is 5.01. The van der Waals surface area contributed by atoms with E-state index in [2.05, 4.69) is 10.6 Å². The largest absolute Gasteiger partial charge is 0.481 e. The quantitative estimate of drug-likeness (QED) is 0.192. The SMILES string of the molecule is CC(NC(=O)C(NC(=O)C(N)C(C)C)C(C)O)C(=O)NC(CC(=O)O)C(=O)O. The van der Waals surface area contributed by atoms with Gasteiger partial charge in [0.15, 0.2) is 0 Å². The summed E-state index contributed by atoms with van der Waals surface area (Å²) in [5, 5.41) is 33.9. The van der Waals surface area contributed by atoms with Gasteiger partial charge in [0.05, 0.1) is 18.6 Å². The molecule has 8 N–H and O–H groups in total. The van der Waals surface area contributed by atoms with Crippen molar-refractivity contribution in [1.82, 2.24) is 16.0 Å². The highest BCUT2D eigenvalue weighted by Gasteiger charge is 2.31. The van der Waals surface area contributed by atoms with E-state index in [9.17, 15) is 29.1 Å². The molecule has 0 aliphatic carbocycles. The summed E-state index contributed by atoms with van der Waals surface area (Å²) >= 11 is 0. The molecule has 12 nitrogen and oxygen atoms in total. The smallest absolute Gasteiger partial charge is 0.326 e. The summed E-state index contributed by atoms with van der Waals surface area (Å²) in [6.07, 6.45) is -2.15. The predicted octanol–water partition coefficient (Wildman–Crippen LogP) is -2.62. The molecule has 0 aromatic carbocycles. The van der Waals surface area contributed by atoms with E-state index < -0.39 is 66.4 Å². The van der Waals surface area contributed by atoms with Gasteiger partial charge in [0.2, 0.25) is 17.7 Å². The van der Waals surface area contributed by atoms with Crippen LogP contribution >= 0.6 is 0 Å². The minimum Gasteiger partial charge on any atom is -0.481 e. The second-order valence-corrected chi connectivity index (χ2v) is 6.72. The van der Waals surface area contributed by atoms with Crippen LogP contribution in [-0.2, 0) is 24.0 Å². The highest BCUT2D eigenvalue weighted by atomic mass is 16.4. The standard InChI is InChI=1S/C16H28N4O8/c1-6(2)11(17)14(25)20-12(8(4)21)15(26)18-7(3)13(24)19-9(16(27)28)5-10(22)23/h6-9,11-12,21H,5,17H2,1-4H3,(H,18,26)(H,19,24)(H,20,25)(H,22,23)(H,27,28). The van der Waals surface area contributed by atoms with Crippen molar-refractivity contribution in [1.29, 1.82) is 0 Å². The van der Waals surface area contributed by atoms with Crippen LogP contribution in [0.25, 0.3) is 0 Å². The molecule has 0 radical (unpaired) electrons. The maximum absolute atomic E-state index is 12.3. The molecule has 0 fully saturated rings. The van der Waals surface area contributed by atoms with Crippen molar-refractivity contribution in [2.75, 3.05) is 0 Å². The summed E-state index contributed by atoms with van der Waals surface area (Å²) < 4.78 is 0. The van der Waals surface area contributed by atoms with E-state index >= 15 is 0 Å². The molecule has 0 aliphatic heterocycles. The number of nitrogens with one attached hydrogen (secondary N) is 3. The zero-order valence-electron chi connectivity index (χ0n) is 16.1. The molecule has 0 saturated carbocycles. The summed E-state index contributed by atoms with van der Waals surface area (Å²) in [5.41, 5.74) is 5.69. The van der Waals surface area contributed by atoms with Crippen LogP contribution in [0.15, 0.2) is 0 Å². The number of carboxylic acids is 2. The second-order valence-electron chi connectivity index (χ2n) is 6.72. The van der Waals surface area contributed by atoms with Crippen molar-refractivity contribution in [3.8, 4) is 0 Å². The Morgan fingerprint density at radius 2 is 1.39 bits per heavy atom. The highest BCUT2D eigenvalue weighted by molar-refractivity contribution is 5.94. The monoisotopic (exact) mass is 404 g/mol. The van der Waals surface area contributed by atoms with Crippen LogP contribution in [0.3, 0.4) is 0 Å². The molecular weight excluding hydrogens is 376 g/mol. The second kappa shape index (κ2) is 11.2. The van der Waals surface area contributed by atoms with Gasteiger partial charge < -0.3 is 37.0 Å². The van der Waals surface area contributed by atoms with E-state index in [1.54, 1.807) is 13.8 Å². The summed E-state index contributed by atoms with van der Waals surface area (Å²) in [6.45, 7) is 5.88. The van der Waals surface area contributed by atoms with Gasteiger partial charge in [-0.1, -0.05) is 13.8 Å². The molecule has 0 spiro atoms.